The summed E-state index contributed by atoms with van der Waals surface area (Å²) in [5.74, 6) is -1.31. The van der Waals surface area contributed by atoms with Crippen molar-refractivity contribution in [2.75, 3.05) is 12.3 Å². The summed E-state index contributed by atoms with van der Waals surface area (Å²) in [5.41, 5.74) is 4.46. The monoisotopic (exact) mass is 460 g/mol. The summed E-state index contributed by atoms with van der Waals surface area (Å²) in [4.78, 5) is 39.7. The van der Waals surface area contributed by atoms with Gasteiger partial charge < -0.3 is 30.0 Å². The van der Waals surface area contributed by atoms with E-state index in [-0.39, 0.29) is 17.6 Å². The third kappa shape index (κ3) is 4.65. The Bertz CT molecular complexity index is 1110. The molecule has 3 rings (SSSR count). The van der Waals surface area contributed by atoms with Crippen molar-refractivity contribution in [1.82, 2.24) is 19.9 Å². The molecule has 13 heteroatoms. The third-order valence-electron chi connectivity index (χ3n) is 4.81. The molecule has 33 heavy (non-hydrogen) atoms. The number of carbonyl (C=O) groups excluding carboxylic acids is 3. The molecule has 1 amide bonds. The number of hydrogen-bond donors (Lipinski definition) is 2. The number of nitriles is 1. The molecule has 0 aromatic carbocycles. The van der Waals surface area contributed by atoms with E-state index >= 15 is 0 Å². The van der Waals surface area contributed by atoms with Crippen LogP contribution in [-0.2, 0) is 34.1 Å². The van der Waals surface area contributed by atoms with Crippen LogP contribution in [0.2, 0.25) is 0 Å². The smallest absolute Gasteiger partial charge is 0.407 e. The van der Waals surface area contributed by atoms with Crippen LogP contribution in [-0.4, -0.2) is 63.6 Å². The number of anilines is 1. The SMILES string of the molecule is CC(=O)O[C@H]1[C@@H](OC(C)=O)[C@](C#N)(c2ccc3c(N)ncnn23)O[C@@H]1COC(=O)NC(C)C. The Kier molecular flexibility index (Phi) is 6.68. The van der Waals surface area contributed by atoms with E-state index in [0.717, 1.165) is 13.8 Å². The Labute approximate surface area is 188 Å². The van der Waals surface area contributed by atoms with Gasteiger partial charge in [-0.05, 0) is 26.0 Å². The molecule has 0 aliphatic carbocycles. The molecule has 176 valence electrons. The zero-order chi connectivity index (χ0) is 24.3. The molecule has 3 N–H and O–H groups in total. The van der Waals surface area contributed by atoms with Crippen LogP contribution in [0.4, 0.5) is 10.6 Å². The maximum Gasteiger partial charge on any atom is 0.407 e. The third-order valence-corrected chi connectivity index (χ3v) is 4.81. The number of nitrogen functional groups attached to an aromatic ring is 1. The van der Waals surface area contributed by atoms with Crippen molar-refractivity contribution in [3.63, 3.8) is 0 Å². The summed E-state index contributed by atoms with van der Waals surface area (Å²) >= 11 is 0. The van der Waals surface area contributed by atoms with Crippen LogP contribution in [0.15, 0.2) is 18.5 Å². The second kappa shape index (κ2) is 9.29. The molecule has 0 saturated carbocycles. The lowest BCUT2D eigenvalue weighted by Crippen LogP contribution is -2.46. The van der Waals surface area contributed by atoms with Gasteiger partial charge in [0.2, 0.25) is 5.60 Å². The van der Waals surface area contributed by atoms with Gasteiger partial charge in [0.25, 0.3) is 0 Å². The Morgan fingerprint density at radius 1 is 1.30 bits per heavy atom. The van der Waals surface area contributed by atoms with Gasteiger partial charge in [-0.25, -0.2) is 14.3 Å². The first-order chi connectivity index (χ1) is 15.6. The number of esters is 2. The lowest BCUT2D eigenvalue weighted by molar-refractivity contribution is -0.166. The summed E-state index contributed by atoms with van der Waals surface area (Å²) in [7, 11) is 0. The second-order valence-corrected chi connectivity index (χ2v) is 7.67. The minimum atomic E-state index is -1.97. The Balaban J connectivity index is 2.07. The Morgan fingerprint density at radius 2 is 2.00 bits per heavy atom. The van der Waals surface area contributed by atoms with E-state index in [1.165, 1.54) is 16.9 Å². The molecule has 1 fully saturated rings. The van der Waals surface area contributed by atoms with Crippen LogP contribution in [0.1, 0.15) is 33.4 Å². The van der Waals surface area contributed by atoms with Gasteiger partial charge in [0.1, 0.15) is 30.6 Å². The molecule has 2 aromatic rings. The molecule has 0 unspecified atom stereocenters. The second-order valence-electron chi connectivity index (χ2n) is 7.67. The minimum absolute atomic E-state index is 0.146. The number of nitrogens with one attached hydrogen (secondary N) is 1. The number of alkyl carbamates (subject to hydrolysis) is 1. The minimum Gasteiger partial charge on any atom is -0.455 e. The first kappa shape index (κ1) is 23.7. The van der Waals surface area contributed by atoms with Crippen LogP contribution in [0.3, 0.4) is 0 Å². The van der Waals surface area contributed by atoms with Gasteiger partial charge in [0.15, 0.2) is 18.0 Å². The number of fused-ring (bicyclic) bond motifs is 1. The standard InChI is InChI=1S/C20H24N6O7/c1-10(2)25-19(29)30-7-14-16(31-11(3)27)17(32-12(4)28)20(8-21,33-14)15-6-5-13-18(22)23-9-24-26(13)15/h5-6,9-10,14,16-17H,7H2,1-4H3,(H,25,29)(H2,22,23,24)/t14-,16-,17-,20+/m1/s1. The lowest BCUT2D eigenvalue weighted by atomic mass is 9.92. The number of nitrogens with two attached hydrogens (primary N) is 1. The van der Waals surface area contributed by atoms with E-state index in [1.807, 2.05) is 6.07 Å². The predicted octanol–water partition coefficient (Wildman–Crippen LogP) is 0.427. The Morgan fingerprint density at radius 3 is 2.61 bits per heavy atom. The molecule has 13 nitrogen and oxygen atoms in total. The number of carbonyl (C=O) groups is 3. The number of rotatable bonds is 6. The van der Waals surface area contributed by atoms with Gasteiger partial charge in [0.05, 0.1) is 5.69 Å². The predicted molar refractivity (Wildman–Crippen MR) is 110 cm³/mol. The first-order valence-corrected chi connectivity index (χ1v) is 10.0. The fraction of sp³-hybridized carbons (Fsp3) is 0.500. The number of ether oxygens (including phenoxy) is 4. The molecule has 1 aliphatic heterocycles. The average Bonchev–Trinajstić information content (AvgIpc) is 3.27. The van der Waals surface area contributed by atoms with Crippen molar-refractivity contribution in [3.8, 4) is 6.07 Å². The Hall–Kier alpha value is -3.92. The fourth-order valence-corrected chi connectivity index (χ4v) is 3.61. The van der Waals surface area contributed by atoms with Crippen LogP contribution in [0.5, 0.6) is 0 Å². The molecular formula is C20H24N6O7. The number of aromatic nitrogens is 3. The maximum atomic E-state index is 12.0. The van der Waals surface area contributed by atoms with Crippen molar-refractivity contribution < 1.29 is 33.3 Å². The van der Waals surface area contributed by atoms with Gasteiger partial charge in [-0.2, -0.15) is 10.4 Å². The molecule has 3 heterocycles. The summed E-state index contributed by atoms with van der Waals surface area (Å²) in [6, 6.07) is 4.93. The highest BCUT2D eigenvalue weighted by atomic mass is 16.7. The summed E-state index contributed by atoms with van der Waals surface area (Å²) in [6.07, 6.45) is -3.35. The zero-order valence-corrected chi connectivity index (χ0v) is 18.5. The van der Waals surface area contributed by atoms with Crippen molar-refractivity contribution in [1.29, 1.82) is 5.26 Å². The summed E-state index contributed by atoms with van der Waals surface area (Å²) in [5, 5.41) is 16.9. The van der Waals surface area contributed by atoms with Gasteiger partial charge in [-0.15, -0.1) is 0 Å². The normalized spacial score (nSPS) is 24.3. The van der Waals surface area contributed by atoms with E-state index < -0.39 is 48.6 Å². The molecule has 1 aliphatic rings. The number of nitrogens with zero attached hydrogens (tertiary/aromatic N) is 4. The quantitative estimate of drug-likeness (QED) is 0.450. The van der Waals surface area contributed by atoms with E-state index in [0.29, 0.717) is 5.52 Å². The average molecular weight is 460 g/mol. The zero-order valence-electron chi connectivity index (χ0n) is 18.5. The van der Waals surface area contributed by atoms with Gasteiger partial charge >= 0.3 is 18.0 Å². The first-order valence-electron chi connectivity index (χ1n) is 10.0. The fourth-order valence-electron chi connectivity index (χ4n) is 3.61. The topological polar surface area (TPSA) is 180 Å². The van der Waals surface area contributed by atoms with E-state index in [1.54, 1.807) is 19.9 Å². The van der Waals surface area contributed by atoms with Crippen LogP contribution in [0.25, 0.3) is 5.52 Å². The van der Waals surface area contributed by atoms with Crippen molar-refractivity contribution in [2.24, 2.45) is 0 Å². The molecule has 0 spiro atoms. The van der Waals surface area contributed by atoms with Crippen molar-refractivity contribution in [3.05, 3.63) is 24.2 Å². The van der Waals surface area contributed by atoms with E-state index in [9.17, 15) is 19.6 Å². The van der Waals surface area contributed by atoms with Crippen LogP contribution in [0, 0.1) is 11.3 Å². The molecule has 4 atom stereocenters. The molecular weight excluding hydrogens is 436 g/mol. The summed E-state index contributed by atoms with van der Waals surface area (Å²) < 4.78 is 23.3. The molecule has 2 aromatic heterocycles. The largest absolute Gasteiger partial charge is 0.455 e. The van der Waals surface area contributed by atoms with Crippen molar-refractivity contribution in [2.45, 2.75) is 57.6 Å². The van der Waals surface area contributed by atoms with Crippen LogP contribution < -0.4 is 11.1 Å². The van der Waals surface area contributed by atoms with Gasteiger partial charge in [-0.1, -0.05) is 0 Å². The highest BCUT2D eigenvalue weighted by Gasteiger charge is 2.62. The number of hydrogen-bond acceptors (Lipinski definition) is 11. The van der Waals surface area contributed by atoms with Gasteiger partial charge in [-0.3, -0.25) is 9.59 Å². The van der Waals surface area contributed by atoms with Gasteiger partial charge in [0, 0.05) is 19.9 Å². The highest BCUT2D eigenvalue weighted by Crippen LogP contribution is 2.43. The molecule has 1 saturated heterocycles. The lowest BCUT2D eigenvalue weighted by Gasteiger charge is -2.28. The maximum absolute atomic E-state index is 12.0. The summed E-state index contributed by atoms with van der Waals surface area (Å²) in [6.45, 7) is 5.40. The van der Waals surface area contributed by atoms with E-state index in [2.05, 4.69) is 15.4 Å². The molecule has 0 bridgehead atoms. The molecule has 0 radical (unpaired) electrons. The van der Waals surface area contributed by atoms with Crippen molar-refractivity contribution >= 4 is 29.4 Å². The highest BCUT2D eigenvalue weighted by molar-refractivity contribution is 5.69. The number of amides is 1. The van der Waals surface area contributed by atoms with Crippen LogP contribution >= 0.6 is 0 Å². The van der Waals surface area contributed by atoms with E-state index in [4.69, 9.17) is 24.7 Å².